The third kappa shape index (κ3) is 5.28. The van der Waals surface area contributed by atoms with Gasteiger partial charge in [0.25, 0.3) is 0 Å². The Morgan fingerprint density at radius 2 is 1.82 bits per heavy atom. The predicted molar refractivity (Wildman–Crippen MR) is 155 cm³/mol. The van der Waals surface area contributed by atoms with Crippen molar-refractivity contribution >= 4 is 34.9 Å². The van der Waals surface area contributed by atoms with Crippen LogP contribution in [0.25, 0.3) is 0 Å². The van der Waals surface area contributed by atoms with Crippen LogP contribution in [0.15, 0.2) is 55.0 Å². The normalized spacial score (nSPS) is 13.0. The van der Waals surface area contributed by atoms with Gasteiger partial charge in [-0.3, -0.25) is 9.58 Å². The summed E-state index contributed by atoms with van der Waals surface area (Å²) in [5, 5.41) is 7.65. The number of benzene rings is 2. The quantitative estimate of drug-likeness (QED) is 0.319. The minimum atomic E-state index is -0.241. The minimum absolute atomic E-state index is 0.241. The maximum absolute atomic E-state index is 14.3. The SMILES string of the molecule is COc1ccc(N2C(=O)N(c3c(C)cccc3C)Cc3cnc(Nc4cnn(CCN(C)C)c4)nc32)c(OC)c1. The largest absolute Gasteiger partial charge is 0.497 e. The number of urea groups is 1. The van der Waals surface area contributed by atoms with Crippen LogP contribution >= 0.6 is 0 Å². The van der Waals surface area contributed by atoms with Crippen LogP contribution < -0.4 is 24.6 Å². The van der Waals surface area contributed by atoms with Crippen molar-refractivity contribution in [3.63, 3.8) is 0 Å². The molecule has 3 heterocycles. The molecule has 0 bridgehead atoms. The van der Waals surface area contributed by atoms with Gasteiger partial charge in [-0.05, 0) is 51.2 Å². The van der Waals surface area contributed by atoms with Gasteiger partial charge in [-0.2, -0.15) is 10.1 Å². The van der Waals surface area contributed by atoms with Gasteiger partial charge in [-0.25, -0.2) is 14.7 Å². The number of anilines is 5. The van der Waals surface area contributed by atoms with Crippen molar-refractivity contribution in [2.75, 3.05) is 50.0 Å². The average Bonchev–Trinajstić information content (AvgIpc) is 3.39. The zero-order valence-corrected chi connectivity index (χ0v) is 23.7. The number of carbonyl (C=O) groups is 1. The molecule has 0 spiro atoms. The van der Waals surface area contributed by atoms with E-state index in [2.05, 4.69) is 20.3 Å². The van der Waals surface area contributed by atoms with Gasteiger partial charge in [0, 0.05) is 30.6 Å². The molecule has 5 rings (SSSR count). The summed E-state index contributed by atoms with van der Waals surface area (Å²) in [6.45, 7) is 5.97. The van der Waals surface area contributed by atoms with Crippen molar-refractivity contribution in [2.45, 2.75) is 26.9 Å². The maximum Gasteiger partial charge on any atom is 0.335 e. The Hall–Kier alpha value is -4.64. The van der Waals surface area contributed by atoms with Crippen LogP contribution in [0.4, 0.5) is 33.6 Å². The van der Waals surface area contributed by atoms with Crippen molar-refractivity contribution in [3.8, 4) is 11.5 Å². The fourth-order valence-electron chi connectivity index (χ4n) is 4.79. The van der Waals surface area contributed by atoms with Crippen molar-refractivity contribution in [2.24, 2.45) is 0 Å². The lowest BCUT2D eigenvalue weighted by atomic mass is 10.1. The molecule has 2 aromatic carbocycles. The van der Waals surface area contributed by atoms with E-state index in [0.717, 1.165) is 41.2 Å². The first-order valence-electron chi connectivity index (χ1n) is 13.0. The summed E-state index contributed by atoms with van der Waals surface area (Å²) in [5.74, 6) is 1.94. The van der Waals surface area contributed by atoms with Crippen LogP contribution in [0, 0.1) is 13.8 Å². The van der Waals surface area contributed by atoms with Crippen LogP contribution in [-0.2, 0) is 13.1 Å². The number of ether oxygens (including phenoxy) is 2. The molecule has 0 aliphatic carbocycles. The number of aryl methyl sites for hydroxylation is 2. The van der Waals surface area contributed by atoms with E-state index in [-0.39, 0.29) is 6.03 Å². The minimum Gasteiger partial charge on any atom is -0.497 e. The first-order chi connectivity index (χ1) is 19.3. The van der Waals surface area contributed by atoms with Gasteiger partial charge < -0.3 is 19.7 Å². The number of nitrogens with zero attached hydrogens (tertiary/aromatic N) is 7. The predicted octanol–water partition coefficient (Wildman–Crippen LogP) is 4.89. The molecule has 0 fully saturated rings. The highest BCUT2D eigenvalue weighted by Crippen LogP contribution is 2.42. The molecule has 1 N–H and O–H groups in total. The Morgan fingerprint density at radius 1 is 1.05 bits per heavy atom. The number of fused-ring (bicyclic) bond motifs is 1. The molecule has 1 aliphatic heterocycles. The van der Waals surface area contributed by atoms with Gasteiger partial charge in [0.1, 0.15) is 11.5 Å². The third-order valence-corrected chi connectivity index (χ3v) is 6.81. The van der Waals surface area contributed by atoms with E-state index in [0.29, 0.717) is 35.5 Å². The molecule has 11 heteroatoms. The lowest BCUT2D eigenvalue weighted by Crippen LogP contribution is -2.46. The fraction of sp³-hybridized carbons (Fsp3) is 0.310. The molecule has 0 radical (unpaired) electrons. The number of amides is 2. The monoisotopic (exact) mass is 542 g/mol. The van der Waals surface area contributed by atoms with Crippen LogP contribution in [0.1, 0.15) is 16.7 Å². The molecule has 11 nitrogen and oxygen atoms in total. The zero-order valence-electron chi connectivity index (χ0n) is 23.7. The van der Waals surface area contributed by atoms with E-state index in [9.17, 15) is 4.79 Å². The van der Waals surface area contributed by atoms with E-state index in [1.807, 2.05) is 57.0 Å². The summed E-state index contributed by atoms with van der Waals surface area (Å²) in [6, 6.07) is 11.1. The Balaban J connectivity index is 1.57. The first kappa shape index (κ1) is 26.9. The van der Waals surface area contributed by atoms with Crippen LogP contribution in [0.3, 0.4) is 0 Å². The number of para-hydroxylation sites is 1. The van der Waals surface area contributed by atoms with E-state index in [1.54, 1.807) is 54.6 Å². The number of methoxy groups -OCH3 is 2. The molecule has 40 heavy (non-hydrogen) atoms. The zero-order chi connectivity index (χ0) is 28.4. The van der Waals surface area contributed by atoms with Crippen molar-refractivity contribution in [1.29, 1.82) is 0 Å². The number of hydrogen-bond donors (Lipinski definition) is 1. The van der Waals surface area contributed by atoms with Gasteiger partial charge in [0.15, 0.2) is 5.82 Å². The molecule has 208 valence electrons. The highest BCUT2D eigenvalue weighted by molar-refractivity contribution is 6.11. The smallest absolute Gasteiger partial charge is 0.335 e. The fourth-order valence-corrected chi connectivity index (χ4v) is 4.79. The highest BCUT2D eigenvalue weighted by atomic mass is 16.5. The second-order valence-electron chi connectivity index (χ2n) is 9.95. The summed E-state index contributed by atoms with van der Waals surface area (Å²) in [6.07, 6.45) is 5.40. The van der Waals surface area contributed by atoms with Crippen LogP contribution in [0.5, 0.6) is 11.5 Å². The second-order valence-corrected chi connectivity index (χ2v) is 9.95. The molecule has 0 unspecified atom stereocenters. The topological polar surface area (TPSA) is 101 Å². The molecular formula is C29H34N8O3. The standard InChI is InChI=1S/C29H34N8O3/c1-19-8-7-9-20(2)26(19)36-17-21-15-30-28(32-22-16-31-35(18-22)13-12-34(3)4)33-27(21)37(29(36)38)24-11-10-23(39-5)14-25(24)40-6/h7-11,14-16,18H,12-13,17H2,1-6H3,(H,30,32,33). The van der Waals surface area contributed by atoms with Gasteiger partial charge in [0.05, 0.1) is 50.6 Å². The van der Waals surface area contributed by atoms with E-state index in [4.69, 9.17) is 14.5 Å². The highest BCUT2D eigenvalue weighted by Gasteiger charge is 2.37. The van der Waals surface area contributed by atoms with E-state index >= 15 is 0 Å². The summed E-state index contributed by atoms with van der Waals surface area (Å²) < 4.78 is 13.0. The van der Waals surface area contributed by atoms with Gasteiger partial charge in [0.2, 0.25) is 5.95 Å². The maximum atomic E-state index is 14.3. The summed E-state index contributed by atoms with van der Waals surface area (Å²) in [5.41, 5.74) is 4.97. The molecule has 0 saturated heterocycles. The van der Waals surface area contributed by atoms with Gasteiger partial charge in [-0.15, -0.1) is 0 Å². The number of carbonyl (C=O) groups excluding carboxylic acids is 1. The Labute approximate surface area is 234 Å². The van der Waals surface area contributed by atoms with Crippen molar-refractivity contribution < 1.29 is 14.3 Å². The Morgan fingerprint density at radius 3 is 2.52 bits per heavy atom. The summed E-state index contributed by atoms with van der Waals surface area (Å²) in [7, 11) is 7.20. The molecule has 2 amide bonds. The lowest BCUT2D eigenvalue weighted by molar-refractivity contribution is 0.252. The molecule has 4 aromatic rings. The first-order valence-corrected chi connectivity index (χ1v) is 13.0. The molecule has 2 aromatic heterocycles. The third-order valence-electron chi connectivity index (χ3n) is 6.81. The number of aromatic nitrogens is 4. The number of hydrogen-bond acceptors (Lipinski definition) is 8. The molecule has 1 aliphatic rings. The molecular weight excluding hydrogens is 508 g/mol. The molecule has 0 atom stereocenters. The average molecular weight is 543 g/mol. The van der Waals surface area contributed by atoms with E-state index in [1.165, 1.54) is 0 Å². The Bertz CT molecular complexity index is 1510. The van der Waals surface area contributed by atoms with E-state index < -0.39 is 0 Å². The van der Waals surface area contributed by atoms with Crippen LogP contribution in [-0.4, -0.2) is 65.5 Å². The van der Waals surface area contributed by atoms with Crippen molar-refractivity contribution in [1.82, 2.24) is 24.6 Å². The van der Waals surface area contributed by atoms with Crippen molar-refractivity contribution in [3.05, 3.63) is 71.7 Å². The lowest BCUT2D eigenvalue weighted by Gasteiger charge is -2.37. The number of rotatable bonds is 9. The van der Waals surface area contributed by atoms with Gasteiger partial charge >= 0.3 is 6.03 Å². The molecule has 0 saturated carbocycles. The van der Waals surface area contributed by atoms with Crippen LogP contribution in [0.2, 0.25) is 0 Å². The van der Waals surface area contributed by atoms with Gasteiger partial charge in [-0.1, -0.05) is 18.2 Å². The Kier molecular flexibility index (Phi) is 7.56. The summed E-state index contributed by atoms with van der Waals surface area (Å²) >= 11 is 0. The number of nitrogens with one attached hydrogen (secondary N) is 1. The number of likely N-dealkylation sites (N-methyl/N-ethyl adjacent to an activating group) is 1. The second kappa shape index (κ2) is 11.2. The summed E-state index contributed by atoms with van der Waals surface area (Å²) in [4.78, 5) is 29.1.